The third-order valence-electron chi connectivity index (χ3n) is 2.73. The molecule has 0 aliphatic carbocycles. The van der Waals surface area contributed by atoms with Crippen molar-refractivity contribution < 1.29 is 4.79 Å². The van der Waals surface area contributed by atoms with Crippen LogP contribution in [0.1, 0.15) is 24.8 Å². The van der Waals surface area contributed by atoms with Crippen molar-refractivity contribution in [1.82, 2.24) is 0 Å². The average Bonchev–Trinajstić information content (AvgIpc) is 2.41. The minimum Gasteiger partial charge on any atom is -0.300 e. The first-order valence-electron chi connectivity index (χ1n) is 5.66. The zero-order valence-electron chi connectivity index (χ0n) is 10.6. The summed E-state index contributed by atoms with van der Waals surface area (Å²) in [6.45, 7) is 1.37. The minimum atomic E-state index is -1.02. The lowest BCUT2D eigenvalue weighted by Gasteiger charge is -2.18. The van der Waals surface area contributed by atoms with E-state index in [-0.39, 0.29) is 17.9 Å². The number of benzene rings is 1. The molecule has 0 aromatic heterocycles. The maximum absolute atomic E-state index is 11.4. The summed E-state index contributed by atoms with van der Waals surface area (Å²) in [6, 6.07) is 8.25. The van der Waals surface area contributed by atoms with Crippen molar-refractivity contribution in [3.8, 4) is 12.1 Å². The van der Waals surface area contributed by atoms with Crippen LogP contribution in [0.3, 0.4) is 0 Å². The average molecular weight is 288 g/mol. The fourth-order valence-electron chi connectivity index (χ4n) is 1.89. The van der Waals surface area contributed by atoms with Gasteiger partial charge in [0, 0.05) is 28.0 Å². The van der Waals surface area contributed by atoms with Crippen molar-refractivity contribution >= 4 is 23.1 Å². The van der Waals surface area contributed by atoms with Crippen LogP contribution in [0.4, 0.5) is 5.69 Å². The van der Waals surface area contributed by atoms with Crippen LogP contribution >= 0.6 is 11.6 Å². The van der Waals surface area contributed by atoms with E-state index in [4.69, 9.17) is 27.7 Å². The van der Waals surface area contributed by atoms with Gasteiger partial charge in [0.1, 0.15) is 11.7 Å². The number of ketones is 1. The molecule has 20 heavy (non-hydrogen) atoms. The van der Waals surface area contributed by atoms with E-state index in [1.807, 2.05) is 12.1 Å². The number of carbonyl (C=O) groups excluding carboxylic acids is 1. The van der Waals surface area contributed by atoms with Crippen LogP contribution in [0.2, 0.25) is 5.02 Å². The zero-order chi connectivity index (χ0) is 15.1. The molecule has 1 atom stereocenters. The molecule has 6 nitrogen and oxygen atoms in total. The van der Waals surface area contributed by atoms with Gasteiger partial charge in [-0.05, 0) is 30.2 Å². The second-order valence-electron chi connectivity index (χ2n) is 4.14. The molecular weight excluding hydrogens is 278 g/mol. The number of nitriles is 2. The van der Waals surface area contributed by atoms with Crippen LogP contribution in [-0.2, 0) is 4.79 Å². The summed E-state index contributed by atoms with van der Waals surface area (Å²) >= 11 is 5.90. The normalized spacial score (nSPS) is 11.1. The summed E-state index contributed by atoms with van der Waals surface area (Å²) in [5, 5.41) is 22.0. The minimum absolute atomic E-state index is 0.0000768. The molecular formula is C13H10ClN5O. The Morgan fingerprint density at radius 2 is 2.15 bits per heavy atom. The van der Waals surface area contributed by atoms with Crippen molar-refractivity contribution in [2.24, 2.45) is 11.0 Å². The monoisotopic (exact) mass is 287 g/mol. The third kappa shape index (κ3) is 3.73. The molecule has 0 spiro atoms. The molecule has 1 unspecified atom stereocenters. The van der Waals surface area contributed by atoms with Crippen molar-refractivity contribution in [1.29, 1.82) is 10.5 Å². The number of rotatable bonds is 5. The predicted octanol–water partition coefficient (Wildman–Crippen LogP) is 4.01. The number of hydrogen-bond acceptors (Lipinski definition) is 4. The highest BCUT2D eigenvalue weighted by atomic mass is 35.5. The van der Waals surface area contributed by atoms with Crippen LogP contribution < -0.4 is 0 Å². The molecule has 0 saturated heterocycles. The lowest BCUT2D eigenvalue weighted by Crippen LogP contribution is -2.13. The number of hydrogen-bond donors (Lipinski definition) is 0. The van der Waals surface area contributed by atoms with Crippen LogP contribution in [0.5, 0.6) is 0 Å². The van der Waals surface area contributed by atoms with Gasteiger partial charge >= 0.3 is 0 Å². The third-order valence-corrected chi connectivity index (χ3v) is 2.96. The fraction of sp³-hybridized carbons (Fsp3) is 0.308. The summed E-state index contributed by atoms with van der Waals surface area (Å²) in [4.78, 5) is 14.1. The number of azide groups is 1. The number of nitrogens with zero attached hydrogens (tertiary/aromatic N) is 5. The van der Waals surface area contributed by atoms with Gasteiger partial charge in [-0.1, -0.05) is 22.8 Å². The quantitative estimate of drug-likeness (QED) is 0.463. The van der Waals surface area contributed by atoms with Crippen LogP contribution in [0.25, 0.3) is 10.4 Å². The second kappa shape index (κ2) is 7.16. The van der Waals surface area contributed by atoms with Gasteiger partial charge in [-0.25, -0.2) is 0 Å². The molecule has 7 heteroatoms. The molecule has 100 valence electrons. The largest absolute Gasteiger partial charge is 0.300 e. The van der Waals surface area contributed by atoms with Crippen molar-refractivity contribution in [3.05, 3.63) is 39.2 Å². The summed E-state index contributed by atoms with van der Waals surface area (Å²) in [7, 11) is 0. The van der Waals surface area contributed by atoms with Gasteiger partial charge in [0.2, 0.25) is 0 Å². The van der Waals surface area contributed by atoms with Gasteiger partial charge in [0.25, 0.3) is 0 Å². The summed E-state index contributed by atoms with van der Waals surface area (Å²) in [6.07, 6.45) is 0.0000768. The SMILES string of the molecule is CC(=O)CC(c1cc(Cl)ccc1N=[N+]=[N-])C(C#N)C#N. The molecule has 1 aromatic rings. The Kier molecular flexibility index (Phi) is 5.56. The van der Waals surface area contributed by atoms with Gasteiger partial charge < -0.3 is 4.79 Å². The number of Topliss-reactive ketones (excluding diaryl/α,β-unsaturated/α-hetero) is 1. The smallest absolute Gasteiger partial charge is 0.140 e. The molecule has 0 saturated carbocycles. The molecule has 0 bridgehead atoms. The molecule has 0 aliphatic rings. The Labute approximate surface area is 120 Å². The highest BCUT2D eigenvalue weighted by Crippen LogP contribution is 2.36. The molecule has 0 heterocycles. The Morgan fingerprint density at radius 1 is 1.50 bits per heavy atom. The summed E-state index contributed by atoms with van der Waals surface area (Å²) < 4.78 is 0. The van der Waals surface area contributed by atoms with Crippen LogP contribution in [0.15, 0.2) is 23.3 Å². The topological polar surface area (TPSA) is 113 Å². The molecule has 0 amide bonds. The first-order valence-corrected chi connectivity index (χ1v) is 6.04. The highest BCUT2D eigenvalue weighted by Gasteiger charge is 2.26. The maximum atomic E-state index is 11.4. The van der Waals surface area contributed by atoms with Crippen molar-refractivity contribution in [2.75, 3.05) is 0 Å². The summed E-state index contributed by atoms with van der Waals surface area (Å²) in [5.41, 5.74) is 9.25. The van der Waals surface area contributed by atoms with E-state index in [9.17, 15) is 4.79 Å². The predicted molar refractivity (Wildman–Crippen MR) is 73.0 cm³/mol. The van der Waals surface area contributed by atoms with Gasteiger partial charge in [0.05, 0.1) is 12.1 Å². The van der Waals surface area contributed by atoms with E-state index in [0.29, 0.717) is 10.6 Å². The van der Waals surface area contributed by atoms with E-state index in [2.05, 4.69) is 10.0 Å². The fourth-order valence-corrected chi connectivity index (χ4v) is 2.07. The standard InChI is InChI=1S/C13H10ClN5O/c1-8(20)4-11(9(6-15)7-16)12-5-10(14)2-3-13(12)18-19-17/h2-3,5,9,11H,4H2,1H3. The van der Waals surface area contributed by atoms with Gasteiger partial charge in [-0.2, -0.15) is 10.5 Å². The number of halogens is 1. The van der Waals surface area contributed by atoms with E-state index in [1.54, 1.807) is 0 Å². The van der Waals surface area contributed by atoms with Crippen LogP contribution in [-0.4, -0.2) is 5.78 Å². The molecule has 0 radical (unpaired) electrons. The summed E-state index contributed by atoms with van der Waals surface area (Å²) in [5.74, 6) is -1.87. The molecule has 0 N–H and O–H groups in total. The van der Waals surface area contributed by atoms with Crippen LogP contribution in [0, 0.1) is 28.6 Å². The molecule has 0 aliphatic heterocycles. The zero-order valence-corrected chi connectivity index (χ0v) is 11.4. The van der Waals surface area contributed by atoms with Gasteiger partial charge in [-0.15, -0.1) is 0 Å². The number of carbonyl (C=O) groups is 1. The Bertz CT molecular complexity index is 638. The maximum Gasteiger partial charge on any atom is 0.140 e. The van der Waals surface area contributed by atoms with E-state index in [0.717, 1.165) is 0 Å². The molecule has 0 fully saturated rings. The lowest BCUT2D eigenvalue weighted by atomic mass is 9.83. The first kappa shape index (κ1) is 15.5. The Balaban J connectivity index is 3.43. The Morgan fingerprint density at radius 3 is 2.65 bits per heavy atom. The van der Waals surface area contributed by atoms with E-state index >= 15 is 0 Å². The second-order valence-corrected chi connectivity index (χ2v) is 4.58. The molecule has 1 aromatic carbocycles. The van der Waals surface area contributed by atoms with Gasteiger partial charge in [0.15, 0.2) is 0 Å². The van der Waals surface area contributed by atoms with Crippen molar-refractivity contribution in [3.63, 3.8) is 0 Å². The highest BCUT2D eigenvalue weighted by molar-refractivity contribution is 6.30. The van der Waals surface area contributed by atoms with Crippen molar-refractivity contribution in [2.45, 2.75) is 19.3 Å². The first-order chi connectivity index (χ1) is 9.53. The molecule has 1 rings (SSSR count). The van der Waals surface area contributed by atoms with E-state index < -0.39 is 11.8 Å². The van der Waals surface area contributed by atoms with E-state index in [1.165, 1.54) is 25.1 Å². The lowest BCUT2D eigenvalue weighted by molar-refractivity contribution is -0.117. The van der Waals surface area contributed by atoms with Gasteiger partial charge in [-0.3, -0.25) is 0 Å². The Hall–Kier alpha value is -2.53.